The van der Waals surface area contributed by atoms with Gasteiger partial charge in [0, 0.05) is 15.5 Å². The van der Waals surface area contributed by atoms with Crippen LogP contribution in [0.1, 0.15) is 34.1 Å². The molecule has 5 heteroatoms. The number of halogens is 1. The number of aromatic nitrogens is 2. The summed E-state index contributed by atoms with van der Waals surface area (Å²) in [6.45, 7) is 8.29. The molecular formula is C13H16BrN3S. The first-order valence-corrected chi connectivity index (χ1v) is 7.41. The van der Waals surface area contributed by atoms with E-state index in [2.05, 4.69) is 58.1 Å². The molecule has 0 fully saturated rings. The van der Waals surface area contributed by atoms with Crippen molar-refractivity contribution in [2.45, 2.75) is 33.7 Å². The molecule has 0 saturated heterocycles. The van der Waals surface area contributed by atoms with Crippen molar-refractivity contribution in [1.29, 1.82) is 0 Å². The maximum Gasteiger partial charge on any atom is 0.129 e. The molecule has 2 heterocycles. The Bertz CT molecular complexity index is 565. The molecule has 0 aliphatic heterocycles. The van der Waals surface area contributed by atoms with Crippen LogP contribution in [0, 0.1) is 20.8 Å². The molecule has 0 aliphatic rings. The Hall–Kier alpha value is -0.940. The van der Waals surface area contributed by atoms with Crippen LogP contribution >= 0.6 is 27.3 Å². The monoisotopic (exact) mass is 325 g/mol. The Morgan fingerprint density at radius 2 is 2.06 bits per heavy atom. The second-order valence-corrected chi connectivity index (χ2v) is 6.52. The van der Waals surface area contributed by atoms with Crippen LogP contribution in [-0.4, -0.2) is 9.97 Å². The topological polar surface area (TPSA) is 37.8 Å². The normalized spacial score (nSPS) is 12.5. The van der Waals surface area contributed by atoms with Crippen LogP contribution < -0.4 is 5.32 Å². The minimum Gasteiger partial charge on any atom is -0.362 e. The fourth-order valence-electron chi connectivity index (χ4n) is 1.91. The molecule has 0 amide bonds. The van der Waals surface area contributed by atoms with E-state index in [4.69, 9.17) is 0 Å². The summed E-state index contributed by atoms with van der Waals surface area (Å²) in [5.74, 6) is 0.927. The number of pyridine rings is 1. The molecule has 0 bridgehead atoms. The molecule has 18 heavy (non-hydrogen) atoms. The van der Waals surface area contributed by atoms with E-state index < -0.39 is 0 Å². The van der Waals surface area contributed by atoms with Gasteiger partial charge in [-0.15, -0.1) is 11.3 Å². The van der Waals surface area contributed by atoms with Crippen molar-refractivity contribution < 1.29 is 0 Å². The Kier molecular flexibility index (Phi) is 4.02. The summed E-state index contributed by atoms with van der Waals surface area (Å²) in [7, 11) is 0. The third kappa shape index (κ3) is 2.90. The van der Waals surface area contributed by atoms with Gasteiger partial charge in [-0.1, -0.05) is 0 Å². The molecule has 0 aromatic carbocycles. The van der Waals surface area contributed by atoms with Crippen LogP contribution in [-0.2, 0) is 0 Å². The highest BCUT2D eigenvalue weighted by Gasteiger charge is 2.14. The van der Waals surface area contributed by atoms with Crippen molar-refractivity contribution in [1.82, 2.24) is 9.97 Å². The van der Waals surface area contributed by atoms with Crippen molar-refractivity contribution in [3.05, 3.63) is 37.9 Å². The molecule has 0 aliphatic carbocycles. The molecule has 96 valence electrons. The summed E-state index contributed by atoms with van der Waals surface area (Å²) in [6.07, 6.45) is 1.81. The van der Waals surface area contributed by atoms with Gasteiger partial charge in [0.25, 0.3) is 0 Å². The maximum atomic E-state index is 4.46. The summed E-state index contributed by atoms with van der Waals surface area (Å²) in [6, 6.07) is 2.29. The standard InChI is InChI=1S/C13H16BrN3S/c1-7-5-11(14)6-15-13(7)17-9(3)12-8(2)16-10(4)18-12/h5-6,9H,1-4H3,(H,15,17). The van der Waals surface area contributed by atoms with Crippen LogP contribution in [0.5, 0.6) is 0 Å². The zero-order valence-corrected chi connectivity index (χ0v) is 13.3. The fraction of sp³-hybridized carbons (Fsp3) is 0.385. The van der Waals surface area contributed by atoms with Gasteiger partial charge in [0.15, 0.2) is 0 Å². The van der Waals surface area contributed by atoms with E-state index in [0.29, 0.717) is 0 Å². The molecule has 0 radical (unpaired) electrons. The van der Waals surface area contributed by atoms with E-state index in [9.17, 15) is 0 Å². The smallest absolute Gasteiger partial charge is 0.129 e. The van der Waals surface area contributed by atoms with Gasteiger partial charge < -0.3 is 5.32 Å². The van der Waals surface area contributed by atoms with E-state index in [1.54, 1.807) is 11.3 Å². The van der Waals surface area contributed by atoms with Gasteiger partial charge in [-0.25, -0.2) is 9.97 Å². The molecule has 1 unspecified atom stereocenters. The fourth-order valence-corrected chi connectivity index (χ4v) is 3.29. The van der Waals surface area contributed by atoms with Crippen LogP contribution in [0.15, 0.2) is 16.7 Å². The Balaban J connectivity index is 2.21. The predicted octanol–water partition coefficient (Wildman–Crippen LogP) is 4.40. The molecule has 2 aromatic rings. The number of aryl methyl sites for hydroxylation is 3. The van der Waals surface area contributed by atoms with Crippen LogP contribution in [0.25, 0.3) is 0 Å². The molecule has 3 nitrogen and oxygen atoms in total. The first-order valence-electron chi connectivity index (χ1n) is 5.80. The van der Waals surface area contributed by atoms with Gasteiger partial charge in [-0.3, -0.25) is 0 Å². The van der Waals surface area contributed by atoms with E-state index in [1.165, 1.54) is 4.88 Å². The summed E-state index contributed by atoms with van der Waals surface area (Å²) in [5, 5.41) is 4.55. The lowest BCUT2D eigenvalue weighted by molar-refractivity contribution is 0.876. The minimum absolute atomic E-state index is 0.226. The highest BCUT2D eigenvalue weighted by molar-refractivity contribution is 9.10. The van der Waals surface area contributed by atoms with Crippen LogP contribution in [0.3, 0.4) is 0 Å². The number of thiazole rings is 1. The molecule has 2 rings (SSSR count). The summed E-state index contributed by atoms with van der Waals surface area (Å²) in [4.78, 5) is 10.1. The molecule has 0 spiro atoms. The number of anilines is 1. The quantitative estimate of drug-likeness (QED) is 0.908. The molecule has 0 saturated carbocycles. The highest BCUT2D eigenvalue weighted by atomic mass is 79.9. The van der Waals surface area contributed by atoms with Gasteiger partial charge in [-0.2, -0.15) is 0 Å². The third-order valence-electron chi connectivity index (χ3n) is 2.73. The van der Waals surface area contributed by atoms with Crippen LogP contribution in [0.4, 0.5) is 5.82 Å². The average molecular weight is 326 g/mol. The van der Waals surface area contributed by atoms with E-state index in [0.717, 1.165) is 26.6 Å². The van der Waals surface area contributed by atoms with E-state index in [-0.39, 0.29) is 6.04 Å². The number of nitrogens with one attached hydrogen (secondary N) is 1. The van der Waals surface area contributed by atoms with Gasteiger partial charge in [0.2, 0.25) is 0 Å². The number of hydrogen-bond acceptors (Lipinski definition) is 4. The summed E-state index contributed by atoms with van der Waals surface area (Å²) >= 11 is 5.16. The molecular weight excluding hydrogens is 310 g/mol. The van der Waals surface area contributed by atoms with Gasteiger partial charge in [0.05, 0.1) is 16.7 Å². The minimum atomic E-state index is 0.226. The molecule has 1 atom stereocenters. The number of hydrogen-bond donors (Lipinski definition) is 1. The second kappa shape index (κ2) is 5.36. The lowest BCUT2D eigenvalue weighted by Gasteiger charge is -2.15. The van der Waals surface area contributed by atoms with Crippen molar-refractivity contribution in [2.24, 2.45) is 0 Å². The predicted molar refractivity (Wildman–Crippen MR) is 80.3 cm³/mol. The number of nitrogens with zero attached hydrogens (tertiary/aromatic N) is 2. The second-order valence-electron chi connectivity index (χ2n) is 4.37. The largest absolute Gasteiger partial charge is 0.362 e. The summed E-state index contributed by atoms with van der Waals surface area (Å²) < 4.78 is 1.00. The Morgan fingerprint density at radius 1 is 1.33 bits per heavy atom. The summed E-state index contributed by atoms with van der Waals surface area (Å²) in [5.41, 5.74) is 2.24. The lowest BCUT2D eigenvalue weighted by atomic mass is 10.2. The Labute approximate surface area is 120 Å². The average Bonchev–Trinajstić information content (AvgIpc) is 2.62. The zero-order valence-electron chi connectivity index (χ0n) is 10.9. The maximum absolute atomic E-state index is 4.46. The first kappa shape index (κ1) is 13.5. The van der Waals surface area contributed by atoms with Crippen molar-refractivity contribution in [3.63, 3.8) is 0 Å². The number of rotatable bonds is 3. The molecule has 2 aromatic heterocycles. The van der Waals surface area contributed by atoms with Crippen molar-refractivity contribution in [3.8, 4) is 0 Å². The highest BCUT2D eigenvalue weighted by Crippen LogP contribution is 2.28. The van der Waals surface area contributed by atoms with Gasteiger partial charge >= 0.3 is 0 Å². The van der Waals surface area contributed by atoms with Crippen LogP contribution in [0.2, 0.25) is 0 Å². The third-order valence-corrected chi connectivity index (χ3v) is 4.42. The zero-order chi connectivity index (χ0) is 13.3. The Morgan fingerprint density at radius 3 is 2.61 bits per heavy atom. The van der Waals surface area contributed by atoms with Gasteiger partial charge in [-0.05, 0) is 55.3 Å². The molecule has 1 N–H and O–H groups in total. The first-order chi connectivity index (χ1) is 8.47. The van der Waals surface area contributed by atoms with E-state index >= 15 is 0 Å². The van der Waals surface area contributed by atoms with Crippen molar-refractivity contribution >= 4 is 33.1 Å². The van der Waals surface area contributed by atoms with Gasteiger partial charge in [0.1, 0.15) is 5.82 Å². The van der Waals surface area contributed by atoms with E-state index in [1.807, 2.05) is 13.1 Å². The SMILES string of the molecule is Cc1nc(C)c(C(C)Nc2ncc(Br)cc2C)s1. The lowest BCUT2D eigenvalue weighted by Crippen LogP contribution is -2.08. The van der Waals surface area contributed by atoms with Crippen molar-refractivity contribution in [2.75, 3.05) is 5.32 Å².